The van der Waals surface area contributed by atoms with E-state index in [-0.39, 0.29) is 5.91 Å². The van der Waals surface area contributed by atoms with E-state index in [1.54, 1.807) is 11.3 Å². The van der Waals surface area contributed by atoms with Crippen molar-refractivity contribution in [2.75, 3.05) is 5.32 Å². The topological polar surface area (TPSA) is 54.9 Å². The number of benzene rings is 2. The van der Waals surface area contributed by atoms with E-state index in [0.29, 0.717) is 11.6 Å². The molecule has 2 heterocycles. The lowest BCUT2D eigenvalue weighted by Crippen LogP contribution is -2.14. The molecule has 0 saturated heterocycles. The minimum Gasteiger partial charge on any atom is -0.302 e. The first-order valence-corrected chi connectivity index (χ1v) is 9.80. The van der Waals surface area contributed by atoms with Gasteiger partial charge in [-0.15, -0.1) is 11.3 Å². The highest BCUT2D eigenvalue weighted by molar-refractivity contribution is 7.24. The van der Waals surface area contributed by atoms with Crippen LogP contribution in [0, 0.1) is 6.92 Å². The molecule has 4 aromatic rings. The summed E-state index contributed by atoms with van der Waals surface area (Å²) in [7, 11) is 0. The number of hydrogen-bond donors (Lipinski definition) is 1. The quantitative estimate of drug-likeness (QED) is 0.555. The fraction of sp³-hybridized carbons (Fsp3) is 0.211. The Bertz CT molecular complexity index is 1060. The van der Waals surface area contributed by atoms with E-state index in [9.17, 15) is 4.79 Å². The molecular weight excluding hydrogens is 350 g/mol. The van der Waals surface area contributed by atoms with E-state index in [1.165, 1.54) is 16.9 Å². The zero-order chi connectivity index (χ0) is 17.4. The Kier molecular flexibility index (Phi) is 4.23. The van der Waals surface area contributed by atoms with Gasteiger partial charge < -0.3 is 5.32 Å². The second kappa shape index (κ2) is 6.54. The van der Waals surface area contributed by atoms with Crippen LogP contribution in [0.3, 0.4) is 0 Å². The first-order chi connectivity index (χ1) is 12.1. The van der Waals surface area contributed by atoms with Crippen LogP contribution in [0.15, 0.2) is 36.4 Å². The SMILES string of the molecule is CCc1ccc(CC(=O)Nc2nc3ccc4sc(C)nc4c3s2)cc1. The summed E-state index contributed by atoms with van der Waals surface area (Å²) in [6.07, 6.45) is 1.36. The summed E-state index contributed by atoms with van der Waals surface area (Å²) in [6.45, 7) is 4.12. The van der Waals surface area contributed by atoms with Crippen molar-refractivity contribution in [3.63, 3.8) is 0 Å². The first-order valence-electron chi connectivity index (χ1n) is 8.16. The van der Waals surface area contributed by atoms with Crippen LogP contribution in [-0.4, -0.2) is 15.9 Å². The number of rotatable bonds is 4. The molecule has 1 N–H and O–H groups in total. The molecule has 25 heavy (non-hydrogen) atoms. The van der Waals surface area contributed by atoms with Gasteiger partial charge in [-0.2, -0.15) is 0 Å². The predicted octanol–water partition coefficient (Wildman–Crippen LogP) is 4.96. The van der Waals surface area contributed by atoms with Gasteiger partial charge in [-0.05, 0) is 36.6 Å². The maximum absolute atomic E-state index is 12.3. The van der Waals surface area contributed by atoms with Crippen LogP contribution in [0.4, 0.5) is 5.13 Å². The summed E-state index contributed by atoms with van der Waals surface area (Å²) >= 11 is 3.16. The van der Waals surface area contributed by atoms with Crippen LogP contribution in [-0.2, 0) is 17.6 Å². The number of anilines is 1. The standard InChI is InChI=1S/C19H17N3OS2/c1-3-12-4-6-13(7-5-12)10-16(23)22-19-21-14-8-9-15-17(18(14)25-19)20-11(2)24-15/h4-9H,3,10H2,1-2H3,(H,21,22,23). The van der Waals surface area contributed by atoms with Gasteiger partial charge in [0.05, 0.1) is 26.3 Å². The minimum absolute atomic E-state index is 0.0472. The van der Waals surface area contributed by atoms with Gasteiger partial charge in [-0.1, -0.05) is 42.5 Å². The average Bonchev–Trinajstić information content (AvgIpc) is 3.17. The summed E-state index contributed by atoms with van der Waals surface area (Å²) < 4.78 is 2.19. The summed E-state index contributed by atoms with van der Waals surface area (Å²) in [4.78, 5) is 21.4. The molecule has 2 aromatic carbocycles. The molecule has 0 saturated carbocycles. The molecule has 0 unspecified atom stereocenters. The van der Waals surface area contributed by atoms with Crippen molar-refractivity contribution >= 4 is 54.1 Å². The van der Waals surface area contributed by atoms with E-state index in [0.717, 1.165) is 37.4 Å². The maximum Gasteiger partial charge on any atom is 0.230 e. The van der Waals surface area contributed by atoms with Gasteiger partial charge in [-0.25, -0.2) is 9.97 Å². The van der Waals surface area contributed by atoms with Gasteiger partial charge in [0.15, 0.2) is 5.13 Å². The van der Waals surface area contributed by atoms with E-state index < -0.39 is 0 Å². The number of nitrogens with one attached hydrogen (secondary N) is 1. The van der Waals surface area contributed by atoms with E-state index >= 15 is 0 Å². The molecule has 0 aliphatic carbocycles. The molecule has 2 aromatic heterocycles. The number of aryl methyl sites for hydroxylation is 2. The zero-order valence-electron chi connectivity index (χ0n) is 14.0. The minimum atomic E-state index is -0.0472. The van der Waals surface area contributed by atoms with Crippen LogP contribution in [0.1, 0.15) is 23.1 Å². The van der Waals surface area contributed by atoms with E-state index in [2.05, 4.69) is 34.3 Å². The predicted molar refractivity (Wildman–Crippen MR) is 106 cm³/mol. The molecule has 0 spiro atoms. The van der Waals surface area contributed by atoms with Crippen molar-refractivity contribution in [2.45, 2.75) is 26.7 Å². The van der Waals surface area contributed by atoms with Crippen LogP contribution >= 0.6 is 22.7 Å². The Morgan fingerprint density at radius 3 is 2.56 bits per heavy atom. The zero-order valence-corrected chi connectivity index (χ0v) is 15.6. The lowest BCUT2D eigenvalue weighted by atomic mass is 10.1. The van der Waals surface area contributed by atoms with Crippen LogP contribution < -0.4 is 5.32 Å². The second-order valence-corrected chi connectivity index (χ2v) is 8.14. The van der Waals surface area contributed by atoms with Gasteiger partial charge in [0.1, 0.15) is 5.52 Å². The largest absolute Gasteiger partial charge is 0.302 e. The normalized spacial score (nSPS) is 11.3. The van der Waals surface area contributed by atoms with Crippen molar-refractivity contribution in [3.05, 3.63) is 52.5 Å². The number of nitrogens with zero attached hydrogens (tertiary/aromatic N) is 2. The Hall–Kier alpha value is -2.31. The molecule has 126 valence electrons. The second-order valence-electron chi connectivity index (χ2n) is 5.91. The summed E-state index contributed by atoms with van der Waals surface area (Å²) in [6, 6.07) is 12.2. The highest BCUT2D eigenvalue weighted by atomic mass is 32.1. The smallest absolute Gasteiger partial charge is 0.230 e. The highest BCUT2D eigenvalue weighted by Gasteiger charge is 2.13. The molecule has 4 rings (SSSR count). The fourth-order valence-electron chi connectivity index (χ4n) is 2.78. The number of aromatic nitrogens is 2. The van der Waals surface area contributed by atoms with Crippen LogP contribution in [0.5, 0.6) is 0 Å². The van der Waals surface area contributed by atoms with Gasteiger partial charge in [-0.3, -0.25) is 4.79 Å². The van der Waals surface area contributed by atoms with Crippen molar-refractivity contribution in [2.24, 2.45) is 0 Å². The Morgan fingerprint density at radius 1 is 1.04 bits per heavy atom. The molecule has 0 aliphatic heterocycles. The number of fused-ring (bicyclic) bond motifs is 3. The van der Waals surface area contributed by atoms with Gasteiger partial charge in [0, 0.05) is 0 Å². The number of hydrogen-bond acceptors (Lipinski definition) is 5. The molecule has 0 fully saturated rings. The van der Waals surface area contributed by atoms with Crippen molar-refractivity contribution in [1.82, 2.24) is 9.97 Å². The highest BCUT2D eigenvalue weighted by Crippen LogP contribution is 2.34. The lowest BCUT2D eigenvalue weighted by Gasteiger charge is -2.03. The third-order valence-corrected chi connectivity index (χ3v) is 5.99. The molecule has 0 atom stereocenters. The Labute approximate surface area is 153 Å². The fourth-order valence-corrected chi connectivity index (χ4v) is 4.66. The van der Waals surface area contributed by atoms with Crippen molar-refractivity contribution < 1.29 is 4.79 Å². The summed E-state index contributed by atoms with van der Waals surface area (Å²) in [5.41, 5.74) is 4.14. The number of carbonyl (C=O) groups excluding carboxylic acids is 1. The van der Waals surface area contributed by atoms with Crippen LogP contribution in [0.25, 0.3) is 20.4 Å². The molecule has 0 radical (unpaired) electrons. The summed E-state index contributed by atoms with van der Waals surface area (Å²) in [5.74, 6) is -0.0472. The molecule has 6 heteroatoms. The third kappa shape index (κ3) is 3.27. The Balaban J connectivity index is 1.55. The Morgan fingerprint density at radius 2 is 1.80 bits per heavy atom. The molecular formula is C19H17N3OS2. The monoisotopic (exact) mass is 367 g/mol. The summed E-state index contributed by atoms with van der Waals surface area (Å²) in [5, 5.41) is 4.59. The van der Waals surface area contributed by atoms with Crippen LogP contribution in [0.2, 0.25) is 0 Å². The number of thiazole rings is 2. The number of carbonyl (C=O) groups is 1. The van der Waals surface area contributed by atoms with E-state index in [1.807, 2.05) is 31.2 Å². The van der Waals surface area contributed by atoms with Gasteiger partial charge in [0.2, 0.25) is 5.91 Å². The van der Waals surface area contributed by atoms with Gasteiger partial charge in [0.25, 0.3) is 0 Å². The first kappa shape index (κ1) is 16.2. The van der Waals surface area contributed by atoms with Gasteiger partial charge >= 0.3 is 0 Å². The molecule has 0 bridgehead atoms. The molecule has 1 amide bonds. The third-order valence-electron chi connectivity index (χ3n) is 4.06. The van der Waals surface area contributed by atoms with E-state index in [4.69, 9.17) is 0 Å². The number of amides is 1. The molecule has 4 nitrogen and oxygen atoms in total. The van der Waals surface area contributed by atoms with Crippen molar-refractivity contribution in [3.8, 4) is 0 Å². The maximum atomic E-state index is 12.3. The average molecular weight is 367 g/mol. The van der Waals surface area contributed by atoms with Crippen molar-refractivity contribution in [1.29, 1.82) is 0 Å². The lowest BCUT2D eigenvalue weighted by molar-refractivity contribution is -0.115. The molecule has 0 aliphatic rings.